The summed E-state index contributed by atoms with van der Waals surface area (Å²) in [4.78, 5) is 35.3. The number of hydrogen-bond donors (Lipinski definition) is 2. The highest BCUT2D eigenvalue weighted by Crippen LogP contribution is 2.19. The number of carbonyl (C=O) groups is 2. The number of nitrogens with one attached hydrogen (secondary N) is 2. The van der Waals surface area contributed by atoms with Crippen molar-refractivity contribution in [3.05, 3.63) is 90.0 Å². The fraction of sp³-hybridized carbons (Fsp3) is 0.0417. The van der Waals surface area contributed by atoms with Crippen LogP contribution in [0.4, 0.5) is 5.82 Å². The topological polar surface area (TPSA) is 121 Å². The minimum Gasteiger partial charge on any atom is -0.484 e. The van der Waals surface area contributed by atoms with Crippen molar-refractivity contribution in [3.63, 3.8) is 0 Å². The van der Waals surface area contributed by atoms with E-state index in [2.05, 4.69) is 20.3 Å². The summed E-state index contributed by atoms with van der Waals surface area (Å²) in [5, 5.41) is 12.4. The number of aromatic amines is 1. The van der Waals surface area contributed by atoms with E-state index in [0.29, 0.717) is 11.3 Å². The molecule has 0 radical (unpaired) electrons. The van der Waals surface area contributed by atoms with Crippen molar-refractivity contribution in [3.8, 4) is 11.8 Å². The fourth-order valence-corrected chi connectivity index (χ4v) is 3.04. The average Bonchev–Trinajstić information content (AvgIpc) is 3.26. The summed E-state index contributed by atoms with van der Waals surface area (Å²) >= 11 is 0. The van der Waals surface area contributed by atoms with Gasteiger partial charge in [-0.3, -0.25) is 9.59 Å². The maximum atomic E-state index is 12.5. The molecule has 0 saturated carbocycles. The molecule has 2 aromatic carbocycles. The molecule has 2 heterocycles. The van der Waals surface area contributed by atoms with Gasteiger partial charge in [0, 0.05) is 22.7 Å². The summed E-state index contributed by atoms with van der Waals surface area (Å²) in [6.07, 6.45) is 7.51. The number of carbonyl (C=O) groups excluding carboxylic acids is 2. The lowest BCUT2D eigenvalue weighted by Gasteiger charge is -2.07. The van der Waals surface area contributed by atoms with Crippen molar-refractivity contribution < 1.29 is 14.3 Å². The molecule has 0 aliphatic rings. The third-order valence-corrected chi connectivity index (χ3v) is 4.62. The summed E-state index contributed by atoms with van der Waals surface area (Å²) in [5.74, 6) is 0.0781. The van der Waals surface area contributed by atoms with Crippen LogP contribution in [0.15, 0.2) is 73.3 Å². The van der Waals surface area contributed by atoms with E-state index in [0.717, 1.165) is 16.5 Å². The molecule has 8 nitrogen and oxygen atoms in total. The van der Waals surface area contributed by atoms with Crippen LogP contribution in [0.5, 0.6) is 5.75 Å². The van der Waals surface area contributed by atoms with E-state index < -0.39 is 5.91 Å². The van der Waals surface area contributed by atoms with Crippen molar-refractivity contribution >= 4 is 34.5 Å². The number of nitrogens with zero attached hydrogens (tertiary/aromatic N) is 3. The molecule has 2 N–H and O–H groups in total. The Kier molecular flexibility index (Phi) is 6.00. The number of H-pyrrole nitrogens is 1. The number of nitriles is 1. The smallest absolute Gasteiger partial charge is 0.263 e. The molecule has 0 bridgehead atoms. The van der Waals surface area contributed by atoms with Gasteiger partial charge in [0.15, 0.2) is 18.2 Å². The molecule has 0 saturated heterocycles. The number of ketones is 1. The Balaban J connectivity index is 1.33. The summed E-state index contributed by atoms with van der Waals surface area (Å²) < 4.78 is 5.47. The van der Waals surface area contributed by atoms with Crippen LogP contribution in [0, 0.1) is 11.3 Å². The molecule has 2 aromatic heterocycles. The number of rotatable bonds is 7. The summed E-state index contributed by atoms with van der Waals surface area (Å²) in [6.45, 7) is -0.247. The minimum atomic E-state index is -0.450. The van der Waals surface area contributed by atoms with E-state index in [4.69, 9.17) is 10.00 Å². The molecule has 4 rings (SSSR count). The van der Waals surface area contributed by atoms with Gasteiger partial charge in [0.1, 0.15) is 23.7 Å². The second-order valence-corrected chi connectivity index (χ2v) is 6.75. The van der Waals surface area contributed by atoms with E-state index in [1.807, 2.05) is 30.3 Å². The Morgan fingerprint density at radius 3 is 2.78 bits per heavy atom. The zero-order valence-corrected chi connectivity index (χ0v) is 16.8. The highest BCUT2D eigenvalue weighted by atomic mass is 16.5. The largest absolute Gasteiger partial charge is 0.484 e. The number of amides is 1. The second-order valence-electron chi connectivity index (χ2n) is 6.75. The molecule has 0 fully saturated rings. The van der Waals surface area contributed by atoms with Crippen LogP contribution in [-0.4, -0.2) is 33.2 Å². The van der Waals surface area contributed by atoms with E-state index in [-0.39, 0.29) is 23.8 Å². The van der Waals surface area contributed by atoms with Gasteiger partial charge in [0.2, 0.25) is 0 Å². The van der Waals surface area contributed by atoms with Gasteiger partial charge in [0.05, 0.1) is 6.20 Å². The number of hydrogen-bond acceptors (Lipinski definition) is 6. The average molecular weight is 423 g/mol. The second kappa shape index (κ2) is 9.36. The molecule has 0 spiro atoms. The molecular weight excluding hydrogens is 406 g/mol. The number of allylic oxidation sites excluding steroid dienone is 1. The van der Waals surface area contributed by atoms with Gasteiger partial charge in [0.25, 0.3) is 5.91 Å². The highest BCUT2D eigenvalue weighted by molar-refractivity contribution is 6.14. The van der Waals surface area contributed by atoms with E-state index in [1.165, 1.54) is 18.6 Å². The third kappa shape index (κ3) is 4.68. The maximum Gasteiger partial charge on any atom is 0.263 e. The Bertz CT molecular complexity index is 1350. The molecule has 4 aromatic rings. The Labute approximate surface area is 183 Å². The first-order valence-electron chi connectivity index (χ1n) is 9.65. The van der Waals surface area contributed by atoms with Gasteiger partial charge < -0.3 is 15.0 Å². The van der Waals surface area contributed by atoms with Gasteiger partial charge in [-0.05, 0) is 29.8 Å². The van der Waals surface area contributed by atoms with Gasteiger partial charge in [-0.2, -0.15) is 5.26 Å². The minimum absolute atomic E-state index is 0.0964. The van der Waals surface area contributed by atoms with Crippen LogP contribution in [0.25, 0.3) is 17.0 Å². The molecule has 32 heavy (non-hydrogen) atoms. The zero-order valence-electron chi connectivity index (χ0n) is 16.8. The number of fused-ring (bicyclic) bond motifs is 1. The standard InChI is InChI=1S/C24H17N5O3/c25-11-17-12-26-15-28-24(17)29-23(31)14-32-18-8-5-16(6-9-18)7-10-22(30)20-13-27-21-4-2-1-3-19(20)21/h1-10,12-13,15,27H,14H2,(H,26,28,29,31)/b10-7+. The van der Waals surface area contributed by atoms with Gasteiger partial charge in [-0.1, -0.05) is 36.4 Å². The van der Waals surface area contributed by atoms with Crippen molar-refractivity contribution in [1.29, 1.82) is 5.26 Å². The predicted molar refractivity (Wildman–Crippen MR) is 119 cm³/mol. The Morgan fingerprint density at radius 2 is 1.97 bits per heavy atom. The van der Waals surface area contributed by atoms with Crippen LogP contribution < -0.4 is 10.1 Å². The first-order chi connectivity index (χ1) is 15.6. The number of benzene rings is 2. The first-order valence-corrected chi connectivity index (χ1v) is 9.65. The van der Waals surface area contributed by atoms with Gasteiger partial charge >= 0.3 is 0 Å². The Morgan fingerprint density at radius 1 is 1.16 bits per heavy atom. The molecule has 0 unspecified atom stereocenters. The molecule has 0 aliphatic carbocycles. The van der Waals surface area contributed by atoms with Gasteiger partial charge in [-0.25, -0.2) is 9.97 Å². The molecule has 0 atom stereocenters. The van der Waals surface area contributed by atoms with E-state index in [1.54, 1.807) is 36.5 Å². The van der Waals surface area contributed by atoms with Crippen molar-refractivity contribution in [2.45, 2.75) is 0 Å². The van der Waals surface area contributed by atoms with Crippen molar-refractivity contribution in [2.24, 2.45) is 0 Å². The number of anilines is 1. The fourth-order valence-electron chi connectivity index (χ4n) is 3.04. The van der Waals surface area contributed by atoms with Crippen LogP contribution in [0.3, 0.4) is 0 Å². The van der Waals surface area contributed by atoms with Crippen LogP contribution >= 0.6 is 0 Å². The molecule has 0 aliphatic heterocycles. The summed E-state index contributed by atoms with van der Waals surface area (Å²) in [5.41, 5.74) is 2.51. The monoisotopic (exact) mass is 423 g/mol. The molecular formula is C24H17N5O3. The summed E-state index contributed by atoms with van der Waals surface area (Å²) in [7, 11) is 0. The van der Waals surface area contributed by atoms with Crippen LogP contribution in [0.1, 0.15) is 21.5 Å². The molecule has 1 amide bonds. The molecule has 156 valence electrons. The van der Waals surface area contributed by atoms with Gasteiger partial charge in [-0.15, -0.1) is 0 Å². The lowest BCUT2D eigenvalue weighted by Crippen LogP contribution is -2.21. The number of ether oxygens (including phenoxy) is 1. The Hall–Kier alpha value is -4.77. The number of aromatic nitrogens is 3. The maximum absolute atomic E-state index is 12.5. The quantitative estimate of drug-likeness (QED) is 0.345. The van der Waals surface area contributed by atoms with Crippen LogP contribution in [0.2, 0.25) is 0 Å². The third-order valence-electron chi connectivity index (χ3n) is 4.62. The lowest BCUT2D eigenvalue weighted by atomic mass is 10.1. The normalized spacial score (nSPS) is 10.7. The van der Waals surface area contributed by atoms with Crippen molar-refractivity contribution in [1.82, 2.24) is 15.0 Å². The van der Waals surface area contributed by atoms with Crippen molar-refractivity contribution in [2.75, 3.05) is 11.9 Å². The van der Waals surface area contributed by atoms with E-state index >= 15 is 0 Å². The molecule has 8 heteroatoms. The number of para-hydroxylation sites is 1. The zero-order chi connectivity index (χ0) is 22.3. The lowest BCUT2D eigenvalue weighted by molar-refractivity contribution is -0.118. The van der Waals surface area contributed by atoms with E-state index in [9.17, 15) is 9.59 Å². The SMILES string of the molecule is N#Cc1cncnc1NC(=O)COc1ccc(/C=C/C(=O)c2c[nH]c3ccccc23)cc1. The first kappa shape index (κ1) is 20.5. The van der Waals surface area contributed by atoms with Crippen LogP contribution in [-0.2, 0) is 4.79 Å². The predicted octanol–water partition coefficient (Wildman–Crippen LogP) is 3.74. The highest BCUT2D eigenvalue weighted by Gasteiger charge is 2.10. The summed E-state index contributed by atoms with van der Waals surface area (Å²) in [6, 6.07) is 16.5.